The highest BCUT2D eigenvalue weighted by atomic mass is 16.5. The van der Waals surface area contributed by atoms with Gasteiger partial charge >= 0.3 is 0 Å². The van der Waals surface area contributed by atoms with Crippen molar-refractivity contribution in [2.45, 2.75) is 0 Å². The maximum Gasteiger partial charge on any atom is 0.256 e. The first kappa shape index (κ1) is 13.2. The number of nitrogens with one attached hydrogen (secondary N) is 1. The number of benzene rings is 2. The van der Waals surface area contributed by atoms with E-state index >= 15 is 0 Å². The van der Waals surface area contributed by atoms with Crippen LogP contribution in [-0.2, 0) is 4.79 Å². The van der Waals surface area contributed by atoms with Crippen LogP contribution in [0.5, 0.6) is 11.5 Å². The van der Waals surface area contributed by atoms with E-state index in [4.69, 9.17) is 9.47 Å². The molecule has 0 aliphatic carbocycles. The summed E-state index contributed by atoms with van der Waals surface area (Å²) in [6.45, 7) is 0. The van der Waals surface area contributed by atoms with E-state index in [0.29, 0.717) is 17.1 Å². The molecule has 1 amide bonds. The molecule has 0 spiro atoms. The predicted octanol–water partition coefficient (Wildman–Crippen LogP) is 3.20. The normalized spacial score (nSPS) is 14.8. The third kappa shape index (κ3) is 2.25. The van der Waals surface area contributed by atoms with Crippen molar-refractivity contribution in [3.8, 4) is 11.5 Å². The Morgan fingerprint density at radius 2 is 1.81 bits per heavy atom. The monoisotopic (exact) mass is 281 g/mol. The average Bonchev–Trinajstić information content (AvgIpc) is 2.83. The molecule has 3 rings (SSSR count). The van der Waals surface area contributed by atoms with E-state index < -0.39 is 0 Å². The zero-order chi connectivity index (χ0) is 14.8. The molecule has 1 aliphatic rings. The highest BCUT2D eigenvalue weighted by Crippen LogP contribution is 2.37. The number of rotatable bonds is 3. The number of hydrogen-bond acceptors (Lipinski definition) is 3. The molecule has 0 saturated carbocycles. The van der Waals surface area contributed by atoms with Crippen molar-refractivity contribution in [2.24, 2.45) is 0 Å². The standard InChI is InChI=1S/C17H15NO3/c1-20-15-9-5-6-11(16(15)21-2)10-13-12-7-3-4-8-14(12)18-17(13)19/h3-10H,1-2H3,(H,18,19)/b13-10-. The van der Waals surface area contributed by atoms with Gasteiger partial charge in [-0.3, -0.25) is 4.79 Å². The number of amides is 1. The number of para-hydroxylation sites is 2. The lowest BCUT2D eigenvalue weighted by molar-refractivity contribution is -0.110. The second-order valence-electron chi connectivity index (χ2n) is 4.64. The summed E-state index contributed by atoms with van der Waals surface area (Å²) >= 11 is 0. The summed E-state index contributed by atoms with van der Waals surface area (Å²) < 4.78 is 10.7. The van der Waals surface area contributed by atoms with Crippen LogP contribution in [-0.4, -0.2) is 20.1 Å². The van der Waals surface area contributed by atoms with Crippen molar-refractivity contribution in [1.82, 2.24) is 0 Å². The molecule has 1 aliphatic heterocycles. The molecule has 0 unspecified atom stereocenters. The fourth-order valence-corrected chi connectivity index (χ4v) is 2.46. The molecule has 106 valence electrons. The number of anilines is 1. The molecule has 0 radical (unpaired) electrons. The lowest BCUT2D eigenvalue weighted by Gasteiger charge is -2.10. The topological polar surface area (TPSA) is 47.6 Å². The number of fused-ring (bicyclic) bond motifs is 1. The van der Waals surface area contributed by atoms with Crippen LogP contribution in [0.1, 0.15) is 11.1 Å². The smallest absolute Gasteiger partial charge is 0.256 e. The van der Waals surface area contributed by atoms with Crippen LogP contribution in [0.2, 0.25) is 0 Å². The molecule has 4 heteroatoms. The van der Waals surface area contributed by atoms with Crippen molar-refractivity contribution < 1.29 is 14.3 Å². The second-order valence-corrected chi connectivity index (χ2v) is 4.64. The summed E-state index contributed by atoms with van der Waals surface area (Å²) in [5.41, 5.74) is 3.15. The van der Waals surface area contributed by atoms with Gasteiger partial charge in [0.15, 0.2) is 11.5 Å². The molecule has 2 aromatic rings. The largest absolute Gasteiger partial charge is 0.493 e. The number of ether oxygens (including phenoxy) is 2. The molecular weight excluding hydrogens is 266 g/mol. The minimum atomic E-state index is -0.110. The SMILES string of the molecule is COc1cccc(/C=C2\C(=O)Nc3ccccc32)c1OC. The van der Waals surface area contributed by atoms with Gasteiger partial charge in [0, 0.05) is 22.4 Å². The molecule has 0 bridgehead atoms. The van der Waals surface area contributed by atoms with Gasteiger partial charge in [-0.25, -0.2) is 0 Å². The molecule has 4 nitrogen and oxygen atoms in total. The van der Waals surface area contributed by atoms with Gasteiger partial charge in [0.25, 0.3) is 5.91 Å². The molecule has 2 aromatic carbocycles. The Bertz CT molecular complexity index is 735. The molecule has 0 saturated heterocycles. The zero-order valence-corrected chi connectivity index (χ0v) is 11.8. The molecule has 0 atom stereocenters. The Hall–Kier alpha value is -2.75. The highest BCUT2D eigenvalue weighted by molar-refractivity contribution is 6.35. The molecule has 1 heterocycles. The Kier molecular flexibility index (Phi) is 3.36. The lowest BCUT2D eigenvalue weighted by Crippen LogP contribution is -2.03. The molecule has 0 aromatic heterocycles. The Labute approximate surface area is 123 Å². The third-order valence-corrected chi connectivity index (χ3v) is 3.44. The third-order valence-electron chi connectivity index (χ3n) is 3.44. The number of carbonyl (C=O) groups excluding carboxylic acids is 1. The minimum absolute atomic E-state index is 0.110. The van der Waals surface area contributed by atoms with Crippen LogP contribution < -0.4 is 14.8 Å². The molecule has 0 fully saturated rings. The molecular formula is C17H15NO3. The van der Waals surface area contributed by atoms with Crippen LogP contribution in [0.15, 0.2) is 42.5 Å². The van der Waals surface area contributed by atoms with E-state index in [2.05, 4.69) is 5.32 Å². The molecule has 1 N–H and O–H groups in total. The predicted molar refractivity (Wildman–Crippen MR) is 82.5 cm³/mol. The first-order valence-corrected chi connectivity index (χ1v) is 6.58. The highest BCUT2D eigenvalue weighted by Gasteiger charge is 2.24. The van der Waals surface area contributed by atoms with Crippen LogP contribution >= 0.6 is 0 Å². The minimum Gasteiger partial charge on any atom is -0.493 e. The van der Waals surface area contributed by atoms with Crippen molar-refractivity contribution in [2.75, 3.05) is 19.5 Å². The summed E-state index contributed by atoms with van der Waals surface area (Å²) in [6.07, 6.45) is 1.82. The van der Waals surface area contributed by atoms with Gasteiger partial charge in [-0.2, -0.15) is 0 Å². The Balaban J connectivity index is 2.13. The van der Waals surface area contributed by atoms with Crippen molar-refractivity contribution in [3.63, 3.8) is 0 Å². The Morgan fingerprint density at radius 3 is 2.57 bits per heavy atom. The van der Waals surface area contributed by atoms with Crippen LogP contribution in [0, 0.1) is 0 Å². The van der Waals surface area contributed by atoms with Crippen LogP contribution in [0.4, 0.5) is 5.69 Å². The van der Waals surface area contributed by atoms with E-state index in [9.17, 15) is 4.79 Å². The fourth-order valence-electron chi connectivity index (χ4n) is 2.46. The zero-order valence-electron chi connectivity index (χ0n) is 11.8. The Morgan fingerprint density at radius 1 is 1.00 bits per heavy atom. The number of carbonyl (C=O) groups is 1. The van der Waals surface area contributed by atoms with Crippen molar-refractivity contribution >= 4 is 23.2 Å². The van der Waals surface area contributed by atoms with E-state index in [1.807, 2.05) is 48.5 Å². The second kappa shape index (κ2) is 5.32. The summed E-state index contributed by atoms with van der Waals surface area (Å²) in [5.74, 6) is 1.14. The van der Waals surface area contributed by atoms with Gasteiger partial charge in [0.05, 0.1) is 14.2 Å². The summed E-state index contributed by atoms with van der Waals surface area (Å²) in [4.78, 5) is 12.1. The van der Waals surface area contributed by atoms with E-state index in [0.717, 1.165) is 16.8 Å². The maximum absolute atomic E-state index is 12.1. The van der Waals surface area contributed by atoms with Crippen LogP contribution in [0.25, 0.3) is 11.6 Å². The number of methoxy groups -OCH3 is 2. The summed E-state index contributed by atoms with van der Waals surface area (Å²) in [6, 6.07) is 13.2. The summed E-state index contributed by atoms with van der Waals surface area (Å²) in [7, 11) is 3.18. The lowest BCUT2D eigenvalue weighted by atomic mass is 10.0. The fraction of sp³-hybridized carbons (Fsp3) is 0.118. The van der Waals surface area contributed by atoms with Gasteiger partial charge in [-0.1, -0.05) is 30.3 Å². The van der Waals surface area contributed by atoms with Gasteiger partial charge in [0.1, 0.15) is 0 Å². The average molecular weight is 281 g/mol. The first-order valence-electron chi connectivity index (χ1n) is 6.58. The van der Waals surface area contributed by atoms with E-state index in [1.165, 1.54) is 0 Å². The molecule has 21 heavy (non-hydrogen) atoms. The van der Waals surface area contributed by atoms with Gasteiger partial charge in [0.2, 0.25) is 0 Å². The van der Waals surface area contributed by atoms with Gasteiger partial charge in [-0.05, 0) is 18.2 Å². The number of hydrogen-bond donors (Lipinski definition) is 1. The van der Waals surface area contributed by atoms with Crippen molar-refractivity contribution in [3.05, 3.63) is 53.6 Å². The van der Waals surface area contributed by atoms with Crippen molar-refractivity contribution in [1.29, 1.82) is 0 Å². The first-order chi connectivity index (χ1) is 10.2. The maximum atomic E-state index is 12.1. The van der Waals surface area contributed by atoms with E-state index in [1.54, 1.807) is 14.2 Å². The van der Waals surface area contributed by atoms with E-state index in [-0.39, 0.29) is 5.91 Å². The van der Waals surface area contributed by atoms with Crippen LogP contribution in [0.3, 0.4) is 0 Å². The summed E-state index contributed by atoms with van der Waals surface area (Å²) in [5, 5.41) is 2.85. The quantitative estimate of drug-likeness (QED) is 0.879. The van der Waals surface area contributed by atoms with Gasteiger partial charge < -0.3 is 14.8 Å². The van der Waals surface area contributed by atoms with Gasteiger partial charge in [-0.15, -0.1) is 0 Å².